The Hall–Kier alpha value is -4.06. The van der Waals surface area contributed by atoms with Gasteiger partial charge in [0.05, 0.1) is 13.7 Å². The molecule has 3 atom stereocenters. The molecule has 1 saturated heterocycles. The van der Waals surface area contributed by atoms with Crippen molar-refractivity contribution in [1.29, 1.82) is 0 Å². The molecule has 1 N–H and O–H groups in total. The third kappa shape index (κ3) is 7.11. The second-order valence-corrected chi connectivity index (χ2v) is 14.1. The zero-order valence-electron chi connectivity index (χ0n) is 26.4. The van der Waals surface area contributed by atoms with Gasteiger partial charge in [0.15, 0.2) is 11.5 Å². The van der Waals surface area contributed by atoms with Crippen molar-refractivity contribution >= 4 is 44.8 Å². The first-order chi connectivity index (χ1) is 21.1. The first-order valence-corrected chi connectivity index (χ1v) is 15.5. The summed E-state index contributed by atoms with van der Waals surface area (Å²) >= 11 is 3.55. The Labute approximate surface area is 270 Å². The smallest absolute Gasteiger partial charge is 0.408 e. The zero-order valence-corrected chi connectivity index (χ0v) is 28.0. The number of esters is 1. The normalized spacial score (nSPS) is 18.4. The summed E-state index contributed by atoms with van der Waals surface area (Å²) in [5.41, 5.74) is 0.692. The van der Waals surface area contributed by atoms with Gasteiger partial charge in [-0.05, 0) is 62.1 Å². The van der Waals surface area contributed by atoms with Gasteiger partial charge in [-0.2, -0.15) is 0 Å². The first kappa shape index (κ1) is 32.3. The van der Waals surface area contributed by atoms with Crippen LogP contribution in [0, 0.1) is 5.41 Å². The minimum Gasteiger partial charge on any atom is -0.472 e. The Morgan fingerprint density at radius 1 is 1.07 bits per heavy atom. The molecule has 11 nitrogen and oxygen atoms in total. The first-order valence-electron chi connectivity index (χ1n) is 14.7. The third-order valence-electron chi connectivity index (χ3n) is 7.49. The van der Waals surface area contributed by atoms with Crippen LogP contribution in [0.1, 0.15) is 48.0 Å². The van der Waals surface area contributed by atoms with E-state index < -0.39 is 47.2 Å². The molecule has 0 saturated carbocycles. The third-order valence-corrected chi connectivity index (χ3v) is 7.99. The second kappa shape index (κ2) is 12.4. The molecule has 2 aliphatic heterocycles. The number of hydrogen-bond donors (Lipinski definition) is 1. The van der Waals surface area contributed by atoms with Gasteiger partial charge >= 0.3 is 12.1 Å². The number of methoxy groups -OCH3 is 1. The summed E-state index contributed by atoms with van der Waals surface area (Å²) in [4.78, 5) is 46.1. The fourth-order valence-corrected chi connectivity index (χ4v) is 5.82. The van der Waals surface area contributed by atoms with Gasteiger partial charge < -0.3 is 33.9 Å². The number of rotatable bonds is 6. The van der Waals surface area contributed by atoms with Crippen LogP contribution in [0.4, 0.5) is 4.79 Å². The number of pyridine rings is 1. The summed E-state index contributed by atoms with van der Waals surface area (Å²) in [6.07, 6.45) is -1.19. The van der Waals surface area contributed by atoms with Crippen molar-refractivity contribution in [2.75, 3.05) is 20.4 Å². The van der Waals surface area contributed by atoms with Crippen LogP contribution < -0.4 is 19.5 Å². The number of fused-ring (bicyclic) bond motifs is 3. The highest BCUT2D eigenvalue weighted by Crippen LogP contribution is 2.42. The van der Waals surface area contributed by atoms with E-state index in [0.717, 1.165) is 21.0 Å². The van der Waals surface area contributed by atoms with Crippen LogP contribution in [-0.2, 0) is 19.1 Å². The van der Waals surface area contributed by atoms with Gasteiger partial charge in [-0.1, -0.05) is 48.8 Å². The molecule has 2 aromatic carbocycles. The van der Waals surface area contributed by atoms with Crippen molar-refractivity contribution in [3.8, 4) is 28.5 Å². The maximum Gasteiger partial charge on any atom is 0.408 e. The van der Waals surface area contributed by atoms with Crippen LogP contribution in [-0.4, -0.2) is 72.1 Å². The van der Waals surface area contributed by atoms with E-state index in [1.807, 2.05) is 63.2 Å². The van der Waals surface area contributed by atoms with Crippen LogP contribution in [0.25, 0.3) is 22.0 Å². The van der Waals surface area contributed by atoms with Crippen LogP contribution in [0.5, 0.6) is 17.4 Å². The average molecular weight is 685 g/mol. The van der Waals surface area contributed by atoms with Gasteiger partial charge in [0, 0.05) is 21.8 Å². The van der Waals surface area contributed by atoms with Crippen LogP contribution in [0.3, 0.4) is 0 Å². The Balaban J connectivity index is 1.49. The molecule has 0 radical (unpaired) electrons. The number of nitrogens with one attached hydrogen (secondary N) is 1. The Morgan fingerprint density at radius 3 is 2.49 bits per heavy atom. The lowest BCUT2D eigenvalue weighted by Crippen LogP contribution is -2.57. The lowest BCUT2D eigenvalue weighted by molar-refractivity contribution is -0.152. The number of carbonyl (C=O) groups excluding carboxylic acids is 3. The topological polar surface area (TPSA) is 126 Å². The molecule has 1 aromatic heterocycles. The number of amides is 2. The fourth-order valence-electron chi connectivity index (χ4n) is 5.42. The highest BCUT2D eigenvalue weighted by Gasteiger charge is 2.46. The van der Waals surface area contributed by atoms with Crippen molar-refractivity contribution < 1.29 is 38.1 Å². The van der Waals surface area contributed by atoms with E-state index in [2.05, 4.69) is 21.2 Å². The number of aromatic nitrogens is 1. The van der Waals surface area contributed by atoms with Crippen LogP contribution in [0.15, 0.2) is 46.9 Å². The highest BCUT2D eigenvalue weighted by molar-refractivity contribution is 9.10. The van der Waals surface area contributed by atoms with Crippen molar-refractivity contribution in [2.45, 2.75) is 71.8 Å². The molecule has 2 aliphatic rings. The van der Waals surface area contributed by atoms with Crippen molar-refractivity contribution in [3.05, 3.63) is 46.9 Å². The molecular formula is C33H38BrN3O8. The van der Waals surface area contributed by atoms with E-state index in [1.54, 1.807) is 20.8 Å². The van der Waals surface area contributed by atoms with E-state index in [-0.39, 0.29) is 19.8 Å². The summed E-state index contributed by atoms with van der Waals surface area (Å²) in [6.45, 7) is 10.9. The number of benzene rings is 2. The molecule has 5 rings (SSSR count). The van der Waals surface area contributed by atoms with Gasteiger partial charge in [-0.15, -0.1) is 0 Å². The molecule has 0 unspecified atom stereocenters. The Bertz CT molecular complexity index is 1630. The Kier molecular flexibility index (Phi) is 8.90. The summed E-state index contributed by atoms with van der Waals surface area (Å²) in [5, 5.41) is 3.56. The molecule has 2 amide bonds. The van der Waals surface area contributed by atoms with E-state index in [9.17, 15) is 14.4 Å². The molecule has 0 spiro atoms. The lowest BCUT2D eigenvalue weighted by Gasteiger charge is -2.35. The second-order valence-electron chi connectivity index (χ2n) is 13.2. The zero-order chi connectivity index (χ0) is 32.7. The van der Waals surface area contributed by atoms with Crippen LogP contribution in [0.2, 0.25) is 0 Å². The largest absolute Gasteiger partial charge is 0.472 e. The van der Waals surface area contributed by atoms with Crippen LogP contribution >= 0.6 is 15.9 Å². The molecule has 12 heteroatoms. The van der Waals surface area contributed by atoms with Gasteiger partial charge in [0.25, 0.3) is 0 Å². The minimum absolute atomic E-state index is 0.0608. The minimum atomic E-state index is -0.992. The molecular weight excluding hydrogens is 646 g/mol. The summed E-state index contributed by atoms with van der Waals surface area (Å²) in [6, 6.07) is 11.5. The summed E-state index contributed by atoms with van der Waals surface area (Å²) in [5.74, 6) is 0.394. The maximum absolute atomic E-state index is 14.1. The number of ether oxygens (including phenoxy) is 5. The Morgan fingerprint density at radius 2 is 1.82 bits per heavy atom. The van der Waals surface area contributed by atoms with Crippen molar-refractivity contribution in [3.63, 3.8) is 0 Å². The predicted molar refractivity (Wildman–Crippen MR) is 170 cm³/mol. The number of alkyl carbamates (subject to hydrolysis) is 1. The van der Waals surface area contributed by atoms with E-state index in [0.29, 0.717) is 22.9 Å². The lowest BCUT2D eigenvalue weighted by atomic mass is 9.85. The maximum atomic E-state index is 14.1. The van der Waals surface area contributed by atoms with Gasteiger partial charge in [-0.25, -0.2) is 14.6 Å². The standard InChI is InChI=1S/C33H38BrN3O8/c1-32(2,3)27(36-31(40)45-33(4,5)6)29(38)37-16-21(15-23(37)30(39)41-7)44-28-22(18-9-8-10-20(34)13-18)14-19-11-12-24-26(25(19)35-28)43-17-42-24/h8-14,21,23,27H,15-17H2,1-7H3,(H,36,40)/t21-,23+,27+/m1/s1. The number of halogens is 1. The average Bonchev–Trinajstić information content (AvgIpc) is 3.61. The molecule has 45 heavy (non-hydrogen) atoms. The highest BCUT2D eigenvalue weighted by atomic mass is 79.9. The summed E-state index contributed by atoms with van der Waals surface area (Å²) in [7, 11) is 1.28. The number of carbonyl (C=O) groups is 3. The quantitative estimate of drug-likeness (QED) is 0.318. The van der Waals surface area contributed by atoms with E-state index in [4.69, 9.17) is 28.7 Å². The van der Waals surface area contributed by atoms with Gasteiger partial charge in [0.1, 0.15) is 29.3 Å². The molecule has 0 aliphatic carbocycles. The van der Waals surface area contributed by atoms with E-state index >= 15 is 0 Å². The van der Waals surface area contributed by atoms with E-state index in [1.165, 1.54) is 12.0 Å². The molecule has 0 bridgehead atoms. The molecule has 1 fully saturated rings. The number of likely N-dealkylation sites (tertiary alicyclic amines) is 1. The number of nitrogens with zero attached hydrogens (tertiary/aromatic N) is 2. The van der Waals surface area contributed by atoms with Crippen molar-refractivity contribution in [2.24, 2.45) is 5.41 Å². The van der Waals surface area contributed by atoms with Crippen molar-refractivity contribution in [1.82, 2.24) is 15.2 Å². The van der Waals surface area contributed by atoms with Gasteiger partial charge in [-0.3, -0.25) is 4.79 Å². The monoisotopic (exact) mass is 683 g/mol. The SMILES string of the molecule is COC(=O)[C@@H]1C[C@@H](Oc2nc3c4c(ccc3cc2-c2cccc(Br)c2)OCO4)CN1C(=O)[C@H](NC(=O)OC(C)(C)C)C(C)(C)C. The predicted octanol–water partition coefficient (Wildman–Crippen LogP) is 5.85. The number of hydrogen-bond acceptors (Lipinski definition) is 9. The van der Waals surface area contributed by atoms with Gasteiger partial charge in [0.2, 0.25) is 18.6 Å². The molecule has 3 aromatic rings. The fraction of sp³-hybridized carbons (Fsp3) is 0.455. The molecule has 240 valence electrons. The molecule has 3 heterocycles. The summed E-state index contributed by atoms with van der Waals surface area (Å²) < 4.78 is 29.2.